The lowest BCUT2D eigenvalue weighted by atomic mass is 9.96. The fourth-order valence-corrected chi connectivity index (χ4v) is 3.46. The van der Waals surface area contributed by atoms with E-state index in [1.807, 2.05) is 0 Å². The predicted molar refractivity (Wildman–Crippen MR) is 88.0 cm³/mol. The number of nitrogens with zero attached hydrogens (tertiary/aromatic N) is 1. The molecule has 0 aromatic heterocycles. The van der Waals surface area contributed by atoms with Gasteiger partial charge in [0.05, 0.1) is 0 Å². The summed E-state index contributed by atoms with van der Waals surface area (Å²) < 4.78 is 0. The van der Waals surface area contributed by atoms with Crippen molar-refractivity contribution in [3.63, 3.8) is 0 Å². The number of benzene rings is 2. The third kappa shape index (κ3) is 3.17. The highest BCUT2D eigenvalue weighted by molar-refractivity contribution is 5.32. The molecule has 110 valence electrons. The third-order valence-corrected chi connectivity index (χ3v) is 4.62. The van der Waals surface area contributed by atoms with Gasteiger partial charge in [-0.05, 0) is 43.0 Å². The number of likely N-dealkylation sites (N-methyl/N-ethyl adjacent to an activating group) is 1. The van der Waals surface area contributed by atoms with E-state index in [1.165, 1.54) is 29.5 Å². The van der Waals surface area contributed by atoms with E-state index in [4.69, 9.17) is 5.73 Å². The van der Waals surface area contributed by atoms with E-state index in [0.717, 1.165) is 13.0 Å². The van der Waals surface area contributed by atoms with Gasteiger partial charge in [0.2, 0.25) is 0 Å². The fraction of sp³-hybridized carbons (Fsp3) is 0.368. The molecule has 3 rings (SSSR count). The molecule has 2 atom stereocenters. The molecule has 0 fully saturated rings. The first-order chi connectivity index (χ1) is 10.3. The Morgan fingerprint density at radius 3 is 2.57 bits per heavy atom. The maximum absolute atomic E-state index is 6.60. The molecule has 0 heterocycles. The van der Waals surface area contributed by atoms with Gasteiger partial charge in [0.15, 0.2) is 0 Å². The highest BCUT2D eigenvalue weighted by Crippen LogP contribution is 2.30. The molecule has 21 heavy (non-hydrogen) atoms. The van der Waals surface area contributed by atoms with E-state index >= 15 is 0 Å². The predicted octanol–water partition coefficient (Wildman–Crippen LogP) is 3.52. The summed E-state index contributed by atoms with van der Waals surface area (Å²) in [5.41, 5.74) is 10.7. The van der Waals surface area contributed by atoms with Crippen LogP contribution in [0.25, 0.3) is 0 Å². The lowest BCUT2D eigenvalue weighted by Gasteiger charge is -2.32. The van der Waals surface area contributed by atoms with Gasteiger partial charge in [0.25, 0.3) is 0 Å². The maximum Gasteiger partial charge on any atom is 0.0455 e. The summed E-state index contributed by atoms with van der Waals surface area (Å²) in [5, 5.41) is 0. The van der Waals surface area contributed by atoms with Crippen molar-refractivity contribution in [2.45, 2.75) is 37.9 Å². The van der Waals surface area contributed by atoms with Crippen molar-refractivity contribution < 1.29 is 0 Å². The summed E-state index contributed by atoms with van der Waals surface area (Å²) >= 11 is 0. The molecular weight excluding hydrogens is 256 g/mol. The van der Waals surface area contributed by atoms with Crippen LogP contribution in [0, 0.1) is 0 Å². The average molecular weight is 280 g/mol. The van der Waals surface area contributed by atoms with Gasteiger partial charge in [-0.3, -0.25) is 4.90 Å². The second-order valence-corrected chi connectivity index (χ2v) is 6.08. The van der Waals surface area contributed by atoms with Crippen molar-refractivity contribution in [2.24, 2.45) is 5.73 Å². The zero-order chi connectivity index (χ0) is 14.7. The Morgan fingerprint density at radius 2 is 1.76 bits per heavy atom. The SMILES string of the molecule is CN(Cc1ccccc1)C1CCCc2ccccc2C1N. The minimum atomic E-state index is 0.109. The maximum atomic E-state index is 6.60. The quantitative estimate of drug-likeness (QED) is 0.872. The summed E-state index contributed by atoms with van der Waals surface area (Å²) in [6.45, 7) is 0.960. The number of rotatable bonds is 3. The molecule has 0 amide bonds. The lowest BCUT2D eigenvalue weighted by Crippen LogP contribution is -2.39. The Hall–Kier alpha value is -1.64. The highest BCUT2D eigenvalue weighted by Gasteiger charge is 2.27. The third-order valence-electron chi connectivity index (χ3n) is 4.62. The summed E-state index contributed by atoms with van der Waals surface area (Å²) in [7, 11) is 2.20. The van der Waals surface area contributed by atoms with Gasteiger partial charge >= 0.3 is 0 Å². The molecule has 0 spiro atoms. The molecular formula is C19H24N2. The summed E-state index contributed by atoms with van der Waals surface area (Å²) in [4.78, 5) is 2.42. The standard InChI is InChI=1S/C19H24N2/c1-21(14-15-8-3-2-4-9-15)18-13-7-11-16-10-5-6-12-17(16)19(18)20/h2-6,8-10,12,18-19H,7,11,13-14,20H2,1H3. The second kappa shape index (κ2) is 6.42. The van der Waals surface area contributed by atoms with Crippen molar-refractivity contribution in [1.29, 1.82) is 0 Å². The van der Waals surface area contributed by atoms with Crippen molar-refractivity contribution >= 4 is 0 Å². The average Bonchev–Trinajstić information content (AvgIpc) is 2.68. The first-order valence-corrected chi connectivity index (χ1v) is 7.83. The van der Waals surface area contributed by atoms with Gasteiger partial charge in [0, 0.05) is 18.6 Å². The lowest BCUT2D eigenvalue weighted by molar-refractivity contribution is 0.193. The Labute approximate surface area is 127 Å². The molecule has 0 saturated carbocycles. The van der Waals surface area contributed by atoms with Gasteiger partial charge in [-0.25, -0.2) is 0 Å². The second-order valence-electron chi connectivity index (χ2n) is 6.08. The van der Waals surface area contributed by atoms with E-state index in [-0.39, 0.29) is 6.04 Å². The number of hydrogen-bond donors (Lipinski definition) is 1. The van der Waals surface area contributed by atoms with Crippen LogP contribution in [0.2, 0.25) is 0 Å². The van der Waals surface area contributed by atoms with Crippen molar-refractivity contribution in [3.05, 3.63) is 71.3 Å². The van der Waals surface area contributed by atoms with E-state index in [0.29, 0.717) is 6.04 Å². The Balaban J connectivity index is 1.79. The molecule has 2 aromatic carbocycles. The summed E-state index contributed by atoms with van der Waals surface area (Å²) in [6, 6.07) is 19.8. The van der Waals surface area contributed by atoms with E-state index < -0.39 is 0 Å². The van der Waals surface area contributed by atoms with Crippen LogP contribution in [0.4, 0.5) is 0 Å². The summed E-state index contributed by atoms with van der Waals surface area (Å²) in [5.74, 6) is 0. The number of nitrogens with two attached hydrogens (primary N) is 1. The Morgan fingerprint density at radius 1 is 1.05 bits per heavy atom. The van der Waals surface area contributed by atoms with Crippen LogP contribution in [0.5, 0.6) is 0 Å². The van der Waals surface area contributed by atoms with Gasteiger partial charge in [-0.2, -0.15) is 0 Å². The number of fused-ring (bicyclic) bond motifs is 1. The monoisotopic (exact) mass is 280 g/mol. The van der Waals surface area contributed by atoms with Crippen LogP contribution in [0.15, 0.2) is 54.6 Å². The van der Waals surface area contributed by atoms with E-state index in [1.54, 1.807) is 0 Å². The minimum absolute atomic E-state index is 0.109. The van der Waals surface area contributed by atoms with Crippen LogP contribution in [-0.4, -0.2) is 18.0 Å². The van der Waals surface area contributed by atoms with Gasteiger partial charge in [-0.1, -0.05) is 54.6 Å². The van der Waals surface area contributed by atoms with Crippen LogP contribution in [0.3, 0.4) is 0 Å². The van der Waals surface area contributed by atoms with Crippen molar-refractivity contribution in [2.75, 3.05) is 7.05 Å². The zero-order valence-corrected chi connectivity index (χ0v) is 12.7. The Kier molecular flexibility index (Phi) is 4.37. The molecule has 2 aromatic rings. The molecule has 1 aliphatic rings. The van der Waals surface area contributed by atoms with E-state index in [2.05, 4.69) is 66.5 Å². The van der Waals surface area contributed by atoms with Gasteiger partial charge in [0.1, 0.15) is 0 Å². The number of aryl methyl sites for hydroxylation is 1. The van der Waals surface area contributed by atoms with Crippen molar-refractivity contribution in [1.82, 2.24) is 4.90 Å². The Bertz CT molecular complexity index is 579. The number of hydrogen-bond acceptors (Lipinski definition) is 2. The normalized spacial score (nSPS) is 21.9. The molecule has 2 unspecified atom stereocenters. The molecule has 2 heteroatoms. The van der Waals surface area contributed by atoms with Crippen LogP contribution >= 0.6 is 0 Å². The minimum Gasteiger partial charge on any atom is -0.323 e. The van der Waals surface area contributed by atoms with Crippen molar-refractivity contribution in [3.8, 4) is 0 Å². The fourth-order valence-electron chi connectivity index (χ4n) is 3.46. The molecule has 0 radical (unpaired) electrons. The highest BCUT2D eigenvalue weighted by atomic mass is 15.1. The first-order valence-electron chi connectivity index (χ1n) is 7.83. The van der Waals surface area contributed by atoms with Gasteiger partial charge < -0.3 is 5.73 Å². The van der Waals surface area contributed by atoms with Gasteiger partial charge in [-0.15, -0.1) is 0 Å². The summed E-state index contributed by atoms with van der Waals surface area (Å²) in [6.07, 6.45) is 3.53. The van der Waals surface area contributed by atoms with Crippen LogP contribution in [-0.2, 0) is 13.0 Å². The molecule has 0 aliphatic heterocycles. The molecule has 0 saturated heterocycles. The molecule has 1 aliphatic carbocycles. The zero-order valence-electron chi connectivity index (χ0n) is 12.7. The van der Waals surface area contributed by atoms with Crippen LogP contribution in [0.1, 0.15) is 35.6 Å². The molecule has 2 nitrogen and oxygen atoms in total. The molecule has 0 bridgehead atoms. The van der Waals surface area contributed by atoms with Crippen LogP contribution < -0.4 is 5.73 Å². The largest absolute Gasteiger partial charge is 0.323 e. The van der Waals surface area contributed by atoms with E-state index in [9.17, 15) is 0 Å². The smallest absolute Gasteiger partial charge is 0.0455 e. The topological polar surface area (TPSA) is 29.3 Å². The first kappa shape index (κ1) is 14.3. The molecule has 2 N–H and O–H groups in total.